The maximum atomic E-state index is 13.5. The molecule has 2 amide bonds. The van der Waals surface area contributed by atoms with Gasteiger partial charge >= 0.3 is 0 Å². The van der Waals surface area contributed by atoms with E-state index in [9.17, 15) is 19.2 Å². The van der Waals surface area contributed by atoms with Crippen LogP contribution in [-0.4, -0.2) is 42.6 Å². The highest BCUT2D eigenvalue weighted by Crippen LogP contribution is 2.49. The Balaban J connectivity index is 1.57. The lowest BCUT2D eigenvalue weighted by Gasteiger charge is -2.36. The summed E-state index contributed by atoms with van der Waals surface area (Å²) in [5.74, 6) is -1.69. The minimum atomic E-state index is -0.768. The molecule has 2 aromatic carbocycles. The van der Waals surface area contributed by atoms with E-state index in [1.165, 1.54) is 18.7 Å². The molecular weight excluding hydrogens is 408 g/mol. The van der Waals surface area contributed by atoms with E-state index in [0.29, 0.717) is 17.0 Å². The van der Waals surface area contributed by atoms with E-state index in [-0.39, 0.29) is 23.4 Å². The standard InChI is InChI=1S/C25H22N2O5/c1-13(28)15-4-7-17(8-5-15)26-24(30)21-20-10-6-16-12-18(32-3)9-11-19(16)27(20)23(14(2)29)22(21)25(26)31/h4-12,20-23H,1-3H3/t20-,21+,22-,23+/m1/s1. The molecule has 2 aromatic rings. The summed E-state index contributed by atoms with van der Waals surface area (Å²) < 4.78 is 5.31. The Labute approximate surface area is 185 Å². The highest BCUT2D eigenvalue weighted by molar-refractivity contribution is 6.24. The molecule has 0 spiro atoms. The van der Waals surface area contributed by atoms with Crippen molar-refractivity contribution in [2.24, 2.45) is 11.8 Å². The number of ether oxygens (including phenoxy) is 1. The van der Waals surface area contributed by atoms with Gasteiger partial charge in [0.25, 0.3) is 0 Å². The van der Waals surface area contributed by atoms with Gasteiger partial charge in [-0.3, -0.25) is 19.2 Å². The van der Waals surface area contributed by atoms with E-state index in [0.717, 1.165) is 11.3 Å². The largest absolute Gasteiger partial charge is 0.497 e. The van der Waals surface area contributed by atoms with Gasteiger partial charge in [0.2, 0.25) is 11.8 Å². The molecule has 2 fully saturated rings. The molecule has 0 bridgehead atoms. The highest BCUT2D eigenvalue weighted by Gasteiger charge is 2.63. The van der Waals surface area contributed by atoms with Crippen LogP contribution in [0.15, 0.2) is 48.5 Å². The molecule has 0 saturated carbocycles. The number of ketones is 2. The quantitative estimate of drug-likeness (QED) is 0.548. The first-order chi connectivity index (χ1) is 15.3. The summed E-state index contributed by atoms with van der Waals surface area (Å²) in [6, 6.07) is 10.8. The van der Waals surface area contributed by atoms with Crippen LogP contribution in [-0.2, 0) is 14.4 Å². The van der Waals surface area contributed by atoms with Crippen LogP contribution in [0.4, 0.5) is 11.4 Å². The van der Waals surface area contributed by atoms with Crippen molar-refractivity contribution in [3.05, 3.63) is 59.7 Å². The summed E-state index contributed by atoms with van der Waals surface area (Å²) in [6.07, 6.45) is 3.82. The van der Waals surface area contributed by atoms with Gasteiger partial charge in [0, 0.05) is 16.8 Å². The van der Waals surface area contributed by atoms with Gasteiger partial charge in [0.1, 0.15) is 11.8 Å². The Bertz CT molecular complexity index is 1200. The molecule has 162 valence electrons. The summed E-state index contributed by atoms with van der Waals surface area (Å²) in [7, 11) is 1.59. The third-order valence-electron chi connectivity index (χ3n) is 6.66. The van der Waals surface area contributed by atoms with Gasteiger partial charge in [-0.05, 0) is 56.3 Å². The lowest BCUT2D eigenvalue weighted by molar-refractivity contribution is -0.126. The smallest absolute Gasteiger partial charge is 0.240 e. The zero-order chi connectivity index (χ0) is 22.7. The van der Waals surface area contributed by atoms with Crippen LogP contribution in [0, 0.1) is 11.8 Å². The highest BCUT2D eigenvalue weighted by atomic mass is 16.5. The van der Waals surface area contributed by atoms with Crippen LogP contribution in [0.1, 0.15) is 29.8 Å². The van der Waals surface area contributed by atoms with Crippen molar-refractivity contribution in [2.45, 2.75) is 25.9 Å². The molecule has 5 rings (SSSR count). The molecule has 7 nitrogen and oxygen atoms in total. The summed E-state index contributed by atoms with van der Waals surface area (Å²) in [6.45, 7) is 2.92. The molecular formula is C25H22N2O5. The molecule has 32 heavy (non-hydrogen) atoms. The third kappa shape index (κ3) is 2.74. The number of amides is 2. The topological polar surface area (TPSA) is 84.0 Å². The molecule has 0 aromatic heterocycles. The number of Topliss-reactive ketones (excluding diaryl/α,β-unsaturated/α-hetero) is 2. The Morgan fingerprint density at radius 3 is 2.25 bits per heavy atom. The summed E-state index contributed by atoms with van der Waals surface area (Å²) in [5, 5.41) is 0. The lowest BCUT2D eigenvalue weighted by atomic mass is 9.88. The Morgan fingerprint density at radius 1 is 0.938 bits per heavy atom. The van der Waals surface area contributed by atoms with Gasteiger partial charge in [0.05, 0.1) is 30.7 Å². The molecule has 7 heteroatoms. The second-order valence-electron chi connectivity index (χ2n) is 8.40. The summed E-state index contributed by atoms with van der Waals surface area (Å²) in [4.78, 5) is 54.4. The Morgan fingerprint density at radius 2 is 1.62 bits per heavy atom. The first-order valence-electron chi connectivity index (χ1n) is 10.5. The van der Waals surface area contributed by atoms with Crippen molar-refractivity contribution in [3.8, 4) is 5.75 Å². The third-order valence-corrected chi connectivity index (χ3v) is 6.66. The number of anilines is 2. The molecule has 0 N–H and O–H groups in total. The van der Waals surface area contributed by atoms with E-state index in [1.54, 1.807) is 31.4 Å². The number of methoxy groups -OCH3 is 1. The summed E-state index contributed by atoms with van der Waals surface area (Å²) in [5.41, 5.74) is 2.61. The fourth-order valence-corrected chi connectivity index (χ4v) is 5.24. The second kappa shape index (κ2) is 7.15. The van der Waals surface area contributed by atoms with Gasteiger partial charge < -0.3 is 9.64 Å². The molecule has 0 unspecified atom stereocenters. The number of fused-ring (bicyclic) bond motifs is 5. The minimum Gasteiger partial charge on any atom is -0.497 e. The maximum absolute atomic E-state index is 13.5. The van der Waals surface area contributed by atoms with Crippen molar-refractivity contribution >= 4 is 40.8 Å². The zero-order valence-corrected chi connectivity index (χ0v) is 17.9. The monoisotopic (exact) mass is 430 g/mol. The molecule has 3 aliphatic rings. The van der Waals surface area contributed by atoms with Crippen molar-refractivity contribution < 1.29 is 23.9 Å². The van der Waals surface area contributed by atoms with Gasteiger partial charge in [0.15, 0.2) is 11.6 Å². The SMILES string of the molecule is COc1ccc2c(c1)C=C[C@@H]1[C@@H]3C(=O)N(c4ccc(C(C)=O)cc4)C(=O)[C@H]3[C@H](C(C)=O)N21. The average Bonchev–Trinajstić information content (AvgIpc) is 3.26. The first-order valence-corrected chi connectivity index (χ1v) is 10.5. The molecule has 2 saturated heterocycles. The van der Waals surface area contributed by atoms with Crippen molar-refractivity contribution in [1.29, 1.82) is 0 Å². The van der Waals surface area contributed by atoms with Crippen molar-refractivity contribution in [2.75, 3.05) is 16.9 Å². The van der Waals surface area contributed by atoms with Crippen LogP contribution < -0.4 is 14.5 Å². The van der Waals surface area contributed by atoms with E-state index in [1.807, 2.05) is 35.3 Å². The minimum absolute atomic E-state index is 0.0950. The zero-order valence-electron chi connectivity index (χ0n) is 17.9. The van der Waals surface area contributed by atoms with Crippen molar-refractivity contribution in [1.82, 2.24) is 0 Å². The number of hydrogen-bond acceptors (Lipinski definition) is 6. The van der Waals surface area contributed by atoms with Gasteiger partial charge in [-0.1, -0.05) is 12.2 Å². The second-order valence-corrected chi connectivity index (χ2v) is 8.40. The number of carbonyl (C=O) groups excluding carboxylic acids is 4. The molecule has 4 atom stereocenters. The van der Waals surface area contributed by atoms with Crippen LogP contribution in [0.2, 0.25) is 0 Å². The van der Waals surface area contributed by atoms with E-state index >= 15 is 0 Å². The van der Waals surface area contributed by atoms with Gasteiger partial charge in [-0.2, -0.15) is 0 Å². The number of rotatable bonds is 4. The van der Waals surface area contributed by atoms with Crippen molar-refractivity contribution in [3.63, 3.8) is 0 Å². The lowest BCUT2D eigenvalue weighted by Crippen LogP contribution is -2.48. The normalized spacial score (nSPS) is 25.5. The Hall–Kier alpha value is -3.74. The van der Waals surface area contributed by atoms with Crippen LogP contribution in [0.5, 0.6) is 5.75 Å². The molecule has 0 aliphatic carbocycles. The number of hydrogen-bond donors (Lipinski definition) is 0. The van der Waals surface area contributed by atoms with E-state index in [4.69, 9.17) is 4.74 Å². The van der Waals surface area contributed by atoms with E-state index in [2.05, 4.69) is 0 Å². The van der Waals surface area contributed by atoms with E-state index < -0.39 is 23.9 Å². The number of carbonyl (C=O) groups is 4. The first kappa shape index (κ1) is 20.2. The van der Waals surface area contributed by atoms with Crippen LogP contribution >= 0.6 is 0 Å². The summed E-state index contributed by atoms with van der Waals surface area (Å²) >= 11 is 0. The predicted molar refractivity (Wildman–Crippen MR) is 119 cm³/mol. The molecule has 0 radical (unpaired) electrons. The fraction of sp³-hybridized carbons (Fsp3) is 0.280. The van der Waals surface area contributed by atoms with Crippen LogP contribution in [0.3, 0.4) is 0 Å². The molecule has 3 aliphatic heterocycles. The molecule has 3 heterocycles. The van der Waals surface area contributed by atoms with Gasteiger partial charge in [-0.15, -0.1) is 0 Å². The maximum Gasteiger partial charge on any atom is 0.240 e. The predicted octanol–water partition coefficient (Wildman–Crippen LogP) is 2.88. The van der Waals surface area contributed by atoms with Crippen LogP contribution in [0.25, 0.3) is 6.08 Å². The van der Waals surface area contributed by atoms with Gasteiger partial charge in [-0.25, -0.2) is 4.90 Å². The fourth-order valence-electron chi connectivity index (χ4n) is 5.24. The Kier molecular flexibility index (Phi) is 4.51. The number of imide groups is 1. The number of nitrogens with zero attached hydrogens (tertiary/aromatic N) is 2. The average molecular weight is 430 g/mol. The number of benzene rings is 2.